The maximum Gasteiger partial charge on any atom is 0.251 e. The Labute approximate surface area is 120 Å². The largest absolute Gasteiger partial charge is 0.398 e. The first-order chi connectivity index (χ1) is 9.60. The second kappa shape index (κ2) is 6.29. The van der Waals surface area contributed by atoms with Crippen molar-refractivity contribution in [3.63, 3.8) is 0 Å². The van der Waals surface area contributed by atoms with Gasteiger partial charge >= 0.3 is 0 Å². The molecule has 104 valence electrons. The van der Waals surface area contributed by atoms with Crippen molar-refractivity contribution in [1.82, 2.24) is 4.57 Å². The molecule has 1 aromatic heterocycles. The number of thioether (sulfide) groups is 1. The van der Waals surface area contributed by atoms with Crippen LogP contribution in [0.15, 0.2) is 52.3 Å². The number of carbonyl (C=O) groups excluding carboxylic acids is 1. The van der Waals surface area contributed by atoms with Crippen molar-refractivity contribution < 1.29 is 4.79 Å². The fourth-order valence-electron chi connectivity index (χ4n) is 1.77. The monoisotopic (exact) mass is 289 g/mol. The van der Waals surface area contributed by atoms with Gasteiger partial charge < -0.3 is 15.6 Å². The molecule has 0 saturated heterocycles. The van der Waals surface area contributed by atoms with E-state index in [2.05, 4.69) is 5.32 Å². The second-order valence-electron chi connectivity index (χ2n) is 4.18. The summed E-state index contributed by atoms with van der Waals surface area (Å²) in [4.78, 5) is 24.6. The van der Waals surface area contributed by atoms with Crippen molar-refractivity contribution in [2.75, 3.05) is 17.3 Å². The lowest BCUT2D eigenvalue weighted by atomic mass is 10.3. The number of carbonyl (C=O) groups is 1. The van der Waals surface area contributed by atoms with Gasteiger partial charge in [0.1, 0.15) is 6.54 Å². The molecule has 3 N–H and O–H groups in total. The van der Waals surface area contributed by atoms with E-state index >= 15 is 0 Å². The highest BCUT2D eigenvalue weighted by Gasteiger charge is 2.07. The molecular formula is C14H15N3O2S. The number of nitrogens with two attached hydrogens (primary N) is 1. The second-order valence-corrected chi connectivity index (χ2v) is 5.03. The van der Waals surface area contributed by atoms with E-state index in [1.165, 1.54) is 22.9 Å². The molecule has 0 spiro atoms. The third kappa shape index (κ3) is 3.42. The molecular weight excluding hydrogens is 274 g/mol. The molecule has 0 aliphatic carbocycles. The van der Waals surface area contributed by atoms with Gasteiger partial charge in [-0.2, -0.15) is 0 Å². The van der Waals surface area contributed by atoms with E-state index in [0.29, 0.717) is 5.69 Å². The molecule has 0 fully saturated rings. The van der Waals surface area contributed by atoms with Crippen LogP contribution in [0, 0.1) is 0 Å². The molecule has 2 rings (SSSR count). The lowest BCUT2D eigenvalue weighted by molar-refractivity contribution is -0.116. The molecule has 0 aliphatic heterocycles. The Morgan fingerprint density at radius 2 is 2.05 bits per heavy atom. The van der Waals surface area contributed by atoms with Crippen LogP contribution in [0.1, 0.15) is 0 Å². The first kappa shape index (κ1) is 14.2. The standard InChI is InChI=1S/C14H15N3O2S/c1-20-12-5-3-2-4-11(12)16-13(18)9-17-8-10(15)6-7-14(17)19/h2-8H,9,15H2,1H3,(H,16,18). The summed E-state index contributed by atoms with van der Waals surface area (Å²) in [5.74, 6) is -0.265. The van der Waals surface area contributed by atoms with E-state index in [-0.39, 0.29) is 18.0 Å². The summed E-state index contributed by atoms with van der Waals surface area (Å²) in [7, 11) is 0. The summed E-state index contributed by atoms with van der Waals surface area (Å²) < 4.78 is 1.28. The van der Waals surface area contributed by atoms with Crippen LogP contribution >= 0.6 is 11.8 Å². The average Bonchev–Trinajstić information content (AvgIpc) is 2.43. The van der Waals surface area contributed by atoms with Gasteiger partial charge in [-0.25, -0.2) is 0 Å². The zero-order valence-electron chi connectivity index (χ0n) is 11.0. The lowest BCUT2D eigenvalue weighted by Gasteiger charge is -2.10. The van der Waals surface area contributed by atoms with Crippen LogP contribution in [0.25, 0.3) is 0 Å². The Morgan fingerprint density at radius 1 is 1.30 bits per heavy atom. The number of hydrogen-bond donors (Lipinski definition) is 2. The number of nitrogens with one attached hydrogen (secondary N) is 1. The number of rotatable bonds is 4. The fraction of sp³-hybridized carbons (Fsp3) is 0.143. The van der Waals surface area contributed by atoms with Gasteiger partial charge in [-0.1, -0.05) is 12.1 Å². The van der Waals surface area contributed by atoms with E-state index in [4.69, 9.17) is 5.73 Å². The number of anilines is 2. The predicted molar refractivity (Wildman–Crippen MR) is 82.0 cm³/mol. The molecule has 0 atom stereocenters. The van der Waals surface area contributed by atoms with Crippen LogP contribution in [0.5, 0.6) is 0 Å². The van der Waals surface area contributed by atoms with E-state index in [1.54, 1.807) is 11.8 Å². The summed E-state index contributed by atoms with van der Waals surface area (Å²) in [5.41, 5.74) is 6.53. The minimum atomic E-state index is -0.265. The van der Waals surface area contributed by atoms with E-state index in [9.17, 15) is 9.59 Å². The molecule has 1 aromatic carbocycles. The Bertz CT molecular complexity index is 682. The molecule has 1 amide bonds. The number of pyridine rings is 1. The van der Waals surface area contributed by atoms with E-state index < -0.39 is 0 Å². The number of nitrogens with zero attached hydrogens (tertiary/aromatic N) is 1. The number of para-hydroxylation sites is 1. The number of benzene rings is 1. The minimum Gasteiger partial charge on any atom is -0.398 e. The Morgan fingerprint density at radius 3 is 2.80 bits per heavy atom. The Hall–Kier alpha value is -2.21. The summed E-state index contributed by atoms with van der Waals surface area (Å²) >= 11 is 1.55. The van der Waals surface area contributed by atoms with Crippen molar-refractivity contribution >= 4 is 29.0 Å². The van der Waals surface area contributed by atoms with Gasteiger partial charge in [0.05, 0.1) is 5.69 Å². The molecule has 1 heterocycles. The van der Waals surface area contributed by atoms with Crippen molar-refractivity contribution in [3.05, 3.63) is 52.9 Å². The molecule has 20 heavy (non-hydrogen) atoms. The third-order valence-electron chi connectivity index (χ3n) is 2.70. The van der Waals surface area contributed by atoms with Gasteiger partial charge in [0.25, 0.3) is 5.56 Å². The molecule has 0 radical (unpaired) electrons. The van der Waals surface area contributed by atoms with Gasteiger partial charge in [0.15, 0.2) is 0 Å². The van der Waals surface area contributed by atoms with E-state index in [1.807, 2.05) is 30.5 Å². The first-order valence-corrected chi connectivity index (χ1v) is 7.21. The van der Waals surface area contributed by atoms with Crippen molar-refractivity contribution in [3.8, 4) is 0 Å². The SMILES string of the molecule is CSc1ccccc1NC(=O)Cn1cc(N)ccc1=O. The van der Waals surface area contributed by atoms with Crippen molar-refractivity contribution in [1.29, 1.82) is 0 Å². The zero-order valence-corrected chi connectivity index (χ0v) is 11.8. The number of nitrogen functional groups attached to an aromatic ring is 1. The number of hydrogen-bond acceptors (Lipinski definition) is 4. The number of aromatic nitrogens is 1. The van der Waals surface area contributed by atoms with Gasteiger partial charge in [-0.15, -0.1) is 11.8 Å². The molecule has 0 unspecified atom stereocenters. The molecule has 2 aromatic rings. The highest BCUT2D eigenvalue weighted by atomic mass is 32.2. The molecule has 5 nitrogen and oxygen atoms in total. The molecule has 0 saturated carbocycles. The Kier molecular flexibility index (Phi) is 4.47. The van der Waals surface area contributed by atoms with Crippen LogP contribution in [0.3, 0.4) is 0 Å². The smallest absolute Gasteiger partial charge is 0.251 e. The molecule has 6 heteroatoms. The van der Waals surface area contributed by atoms with Crippen LogP contribution in [-0.4, -0.2) is 16.7 Å². The number of amides is 1. The third-order valence-corrected chi connectivity index (χ3v) is 3.50. The van der Waals surface area contributed by atoms with Crippen molar-refractivity contribution in [2.45, 2.75) is 11.4 Å². The van der Waals surface area contributed by atoms with Crippen molar-refractivity contribution in [2.24, 2.45) is 0 Å². The fourth-order valence-corrected chi connectivity index (χ4v) is 2.32. The predicted octanol–water partition coefficient (Wildman–Crippen LogP) is 1.79. The van der Waals surface area contributed by atoms with E-state index in [0.717, 1.165) is 10.6 Å². The summed E-state index contributed by atoms with van der Waals surface area (Å²) in [6.07, 6.45) is 3.40. The lowest BCUT2D eigenvalue weighted by Crippen LogP contribution is -2.27. The summed E-state index contributed by atoms with van der Waals surface area (Å²) in [5, 5.41) is 2.80. The Balaban J connectivity index is 2.13. The van der Waals surface area contributed by atoms with Crippen LogP contribution in [0.4, 0.5) is 11.4 Å². The van der Waals surface area contributed by atoms with Crippen LogP contribution in [0.2, 0.25) is 0 Å². The minimum absolute atomic E-state index is 0.0629. The highest BCUT2D eigenvalue weighted by molar-refractivity contribution is 7.98. The van der Waals surface area contributed by atoms with Gasteiger partial charge in [0.2, 0.25) is 5.91 Å². The molecule has 0 aliphatic rings. The summed E-state index contributed by atoms with van der Waals surface area (Å²) in [6.45, 7) is -0.0629. The maximum absolute atomic E-state index is 12.0. The quantitative estimate of drug-likeness (QED) is 0.841. The van der Waals surface area contributed by atoms with Crippen LogP contribution < -0.4 is 16.6 Å². The van der Waals surface area contributed by atoms with Gasteiger partial charge in [-0.3, -0.25) is 9.59 Å². The van der Waals surface area contributed by atoms with Gasteiger partial charge in [-0.05, 0) is 24.5 Å². The normalized spacial score (nSPS) is 10.2. The van der Waals surface area contributed by atoms with Gasteiger partial charge in [0, 0.05) is 22.8 Å². The molecule has 0 bridgehead atoms. The average molecular weight is 289 g/mol. The first-order valence-electron chi connectivity index (χ1n) is 5.99. The highest BCUT2D eigenvalue weighted by Crippen LogP contribution is 2.24. The van der Waals surface area contributed by atoms with Crippen LogP contribution in [-0.2, 0) is 11.3 Å². The maximum atomic E-state index is 12.0. The topological polar surface area (TPSA) is 77.1 Å². The summed E-state index contributed by atoms with van der Waals surface area (Å²) in [6, 6.07) is 10.4. The zero-order chi connectivity index (χ0) is 14.5.